The Labute approximate surface area is 180 Å². The van der Waals surface area contributed by atoms with Gasteiger partial charge in [-0.25, -0.2) is 8.78 Å². The highest BCUT2D eigenvalue weighted by molar-refractivity contribution is 14.1. The number of hydrogen-bond acceptors (Lipinski definition) is 4. The van der Waals surface area contributed by atoms with E-state index in [9.17, 15) is 17.2 Å². The van der Waals surface area contributed by atoms with Crippen LogP contribution in [0.2, 0.25) is 5.02 Å². The maximum absolute atomic E-state index is 14.5. The van der Waals surface area contributed by atoms with Gasteiger partial charge in [0, 0.05) is 22.7 Å². The fourth-order valence-corrected chi connectivity index (χ4v) is 4.94. The molecule has 0 aliphatic carbocycles. The summed E-state index contributed by atoms with van der Waals surface area (Å²) in [5, 5.41) is 3.06. The molecule has 1 heterocycles. The van der Waals surface area contributed by atoms with Gasteiger partial charge in [0.2, 0.25) is 0 Å². The van der Waals surface area contributed by atoms with Gasteiger partial charge in [-0.2, -0.15) is 12.7 Å². The number of rotatable bonds is 5. The van der Waals surface area contributed by atoms with Crippen LogP contribution in [0.1, 0.15) is 12.8 Å². The van der Waals surface area contributed by atoms with Gasteiger partial charge in [0.1, 0.15) is 0 Å². The molecule has 28 heavy (non-hydrogen) atoms. The number of benzene rings is 2. The first-order chi connectivity index (χ1) is 13.2. The number of hydrogen-bond donors (Lipinski definition) is 3. The number of anilines is 3. The first-order valence-electron chi connectivity index (χ1n) is 8.41. The van der Waals surface area contributed by atoms with Crippen LogP contribution in [-0.4, -0.2) is 31.9 Å². The summed E-state index contributed by atoms with van der Waals surface area (Å²) in [6.45, 7) is 0.455. The zero-order valence-electron chi connectivity index (χ0n) is 14.6. The van der Waals surface area contributed by atoms with Gasteiger partial charge in [-0.3, -0.25) is 4.72 Å². The molecule has 1 aliphatic heterocycles. The first kappa shape index (κ1) is 21.5. The standard InChI is InChI=1S/C17H18ClF2IN4O2S/c18-12-9-10(21)1-2-13(12)23-14-3-4-15(17(20)16(14)19)24-28(26,27)25-7-5-11(22)6-8-25/h1-4,9,11,23-24H,5-8,22H2. The van der Waals surface area contributed by atoms with Crippen LogP contribution in [-0.2, 0) is 10.2 Å². The molecule has 4 N–H and O–H groups in total. The summed E-state index contributed by atoms with van der Waals surface area (Å²) < 4.78 is 58.0. The molecule has 0 unspecified atom stereocenters. The van der Waals surface area contributed by atoms with E-state index in [4.69, 9.17) is 17.3 Å². The number of nitrogens with zero attached hydrogens (tertiary/aromatic N) is 1. The average molecular weight is 543 g/mol. The molecule has 0 radical (unpaired) electrons. The molecule has 2 aromatic carbocycles. The molecule has 0 bridgehead atoms. The maximum Gasteiger partial charge on any atom is 0.301 e. The zero-order chi connectivity index (χ0) is 20.5. The smallest absolute Gasteiger partial charge is 0.301 e. The van der Waals surface area contributed by atoms with Crippen LogP contribution >= 0.6 is 34.2 Å². The number of halogens is 4. The second-order valence-corrected chi connectivity index (χ2v) is 9.70. The lowest BCUT2D eigenvalue weighted by molar-refractivity contribution is 0.321. The van der Waals surface area contributed by atoms with Crippen molar-refractivity contribution in [3.8, 4) is 0 Å². The number of nitrogens with one attached hydrogen (secondary N) is 2. The summed E-state index contributed by atoms with van der Waals surface area (Å²) in [4.78, 5) is 0. The van der Waals surface area contributed by atoms with Gasteiger partial charge in [-0.15, -0.1) is 0 Å². The summed E-state index contributed by atoms with van der Waals surface area (Å²) in [6.07, 6.45) is 1.02. The molecule has 0 saturated carbocycles. The quantitative estimate of drug-likeness (QED) is 0.498. The van der Waals surface area contributed by atoms with Crippen LogP contribution in [0.25, 0.3) is 0 Å². The number of nitrogens with two attached hydrogens (primary N) is 1. The fourth-order valence-electron chi connectivity index (χ4n) is 2.78. The number of piperidine rings is 1. The second kappa shape index (κ2) is 8.66. The highest BCUT2D eigenvalue weighted by Gasteiger charge is 2.28. The minimum atomic E-state index is -4.00. The lowest BCUT2D eigenvalue weighted by Crippen LogP contribution is -2.45. The summed E-state index contributed by atoms with van der Waals surface area (Å²) in [5.74, 6) is -2.51. The van der Waals surface area contributed by atoms with E-state index in [0.717, 1.165) is 9.64 Å². The molecule has 3 rings (SSSR count). The SMILES string of the molecule is NC1CCN(S(=O)(=O)Nc2ccc(Nc3ccc(I)cc3Cl)c(F)c2F)CC1. The normalized spacial score (nSPS) is 16.2. The highest BCUT2D eigenvalue weighted by atomic mass is 127. The van der Waals surface area contributed by atoms with E-state index in [1.807, 2.05) is 0 Å². The van der Waals surface area contributed by atoms with Gasteiger partial charge < -0.3 is 11.1 Å². The summed E-state index contributed by atoms with van der Waals surface area (Å²) >= 11 is 8.18. The molecule has 1 aliphatic rings. The van der Waals surface area contributed by atoms with E-state index in [-0.39, 0.29) is 24.8 Å². The Balaban J connectivity index is 1.80. The van der Waals surface area contributed by atoms with Gasteiger partial charge in [-0.05, 0) is 65.8 Å². The van der Waals surface area contributed by atoms with Crippen molar-refractivity contribution in [1.82, 2.24) is 4.31 Å². The van der Waals surface area contributed by atoms with Gasteiger partial charge in [0.25, 0.3) is 0 Å². The van der Waals surface area contributed by atoms with Crippen LogP contribution in [0.5, 0.6) is 0 Å². The van der Waals surface area contributed by atoms with Crippen LogP contribution in [0, 0.1) is 15.2 Å². The molecule has 1 fully saturated rings. The average Bonchev–Trinajstić information content (AvgIpc) is 2.63. The van der Waals surface area contributed by atoms with Gasteiger partial charge in [-0.1, -0.05) is 11.6 Å². The van der Waals surface area contributed by atoms with E-state index >= 15 is 0 Å². The van der Waals surface area contributed by atoms with Crippen molar-refractivity contribution in [3.63, 3.8) is 0 Å². The van der Waals surface area contributed by atoms with Crippen molar-refractivity contribution >= 4 is 61.5 Å². The third-order valence-corrected chi connectivity index (χ3v) is 6.87. The van der Waals surface area contributed by atoms with Crippen molar-refractivity contribution in [3.05, 3.63) is 50.6 Å². The van der Waals surface area contributed by atoms with Gasteiger partial charge in [0.15, 0.2) is 11.6 Å². The van der Waals surface area contributed by atoms with E-state index in [2.05, 4.69) is 32.6 Å². The van der Waals surface area contributed by atoms with Crippen molar-refractivity contribution in [2.24, 2.45) is 5.73 Å². The zero-order valence-corrected chi connectivity index (χ0v) is 18.3. The third-order valence-electron chi connectivity index (χ3n) is 4.36. The van der Waals surface area contributed by atoms with Crippen molar-refractivity contribution in [1.29, 1.82) is 0 Å². The molecule has 0 atom stereocenters. The monoisotopic (exact) mass is 542 g/mol. The van der Waals surface area contributed by atoms with E-state index in [1.165, 1.54) is 10.4 Å². The maximum atomic E-state index is 14.5. The van der Waals surface area contributed by atoms with Crippen LogP contribution < -0.4 is 15.8 Å². The molecule has 0 aromatic heterocycles. The molecule has 0 amide bonds. The Bertz CT molecular complexity index is 985. The Kier molecular flexibility index (Phi) is 6.65. The topological polar surface area (TPSA) is 87.5 Å². The minimum absolute atomic E-state index is 0.0564. The molecule has 152 valence electrons. The first-order valence-corrected chi connectivity index (χ1v) is 11.3. The van der Waals surface area contributed by atoms with Crippen LogP contribution in [0.15, 0.2) is 30.3 Å². The lowest BCUT2D eigenvalue weighted by Gasteiger charge is -2.29. The largest absolute Gasteiger partial charge is 0.352 e. The molecule has 2 aromatic rings. The molecule has 11 heteroatoms. The van der Waals surface area contributed by atoms with E-state index in [1.54, 1.807) is 18.2 Å². The predicted octanol–water partition coefficient (Wildman–Crippen LogP) is 4.05. The Morgan fingerprint density at radius 3 is 2.29 bits per heavy atom. The predicted molar refractivity (Wildman–Crippen MR) is 115 cm³/mol. The molecular weight excluding hydrogens is 525 g/mol. The van der Waals surface area contributed by atoms with E-state index < -0.39 is 27.5 Å². The Hall–Kier alpha value is -1.21. The van der Waals surface area contributed by atoms with Crippen LogP contribution in [0.3, 0.4) is 0 Å². The third kappa shape index (κ3) is 4.85. The summed E-state index contributed by atoms with van der Waals surface area (Å²) in [6, 6.07) is 7.42. The van der Waals surface area contributed by atoms with E-state index in [0.29, 0.717) is 23.6 Å². The Morgan fingerprint density at radius 2 is 1.64 bits per heavy atom. The highest BCUT2D eigenvalue weighted by Crippen LogP contribution is 2.31. The van der Waals surface area contributed by atoms with Crippen LogP contribution in [0.4, 0.5) is 25.8 Å². The minimum Gasteiger partial charge on any atom is -0.352 e. The van der Waals surface area contributed by atoms with Crippen molar-refractivity contribution in [2.45, 2.75) is 18.9 Å². The van der Waals surface area contributed by atoms with Gasteiger partial charge in [0.05, 0.1) is 22.1 Å². The second-order valence-electron chi connectivity index (χ2n) is 6.38. The molecule has 1 saturated heterocycles. The van der Waals surface area contributed by atoms with Crippen molar-refractivity contribution < 1.29 is 17.2 Å². The molecule has 0 spiro atoms. The molecular formula is C17H18ClF2IN4O2S. The summed E-state index contributed by atoms with van der Waals surface area (Å²) in [5.41, 5.74) is 5.54. The molecule has 6 nitrogen and oxygen atoms in total. The summed E-state index contributed by atoms with van der Waals surface area (Å²) in [7, 11) is -4.00. The van der Waals surface area contributed by atoms with Gasteiger partial charge >= 0.3 is 10.2 Å². The van der Waals surface area contributed by atoms with Crippen molar-refractivity contribution in [2.75, 3.05) is 23.1 Å². The fraction of sp³-hybridized carbons (Fsp3) is 0.294. The lowest BCUT2D eigenvalue weighted by atomic mass is 10.1. The Morgan fingerprint density at radius 1 is 1.07 bits per heavy atom.